The second-order valence-corrected chi connectivity index (χ2v) is 7.81. The van der Waals surface area contributed by atoms with Crippen LogP contribution in [0.25, 0.3) is 11.2 Å². The lowest BCUT2D eigenvalue weighted by molar-refractivity contribution is 0.410. The summed E-state index contributed by atoms with van der Waals surface area (Å²) in [6, 6.07) is 6.07. The van der Waals surface area contributed by atoms with Crippen LogP contribution in [0.3, 0.4) is 0 Å². The number of imidazole rings is 1. The third-order valence-electron chi connectivity index (χ3n) is 5.22. The third-order valence-corrected chi connectivity index (χ3v) is 5.45. The average molecular weight is 401 g/mol. The monoisotopic (exact) mass is 400 g/mol. The highest BCUT2D eigenvalue weighted by molar-refractivity contribution is 6.30. The van der Waals surface area contributed by atoms with Gasteiger partial charge in [0.1, 0.15) is 0 Å². The number of benzene rings is 1. The van der Waals surface area contributed by atoms with Crippen LogP contribution in [0.15, 0.2) is 24.5 Å². The fraction of sp³-hybridized carbons (Fsp3) is 0.421. The van der Waals surface area contributed by atoms with E-state index in [2.05, 4.69) is 25.6 Å². The smallest absolute Gasteiger partial charge is 0.227 e. The van der Waals surface area contributed by atoms with Gasteiger partial charge >= 0.3 is 0 Å². The summed E-state index contributed by atoms with van der Waals surface area (Å²) >= 11 is 6.10. The van der Waals surface area contributed by atoms with Crippen molar-refractivity contribution < 1.29 is 0 Å². The van der Waals surface area contributed by atoms with Crippen molar-refractivity contribution in [2.24, 2.45) is 12.8 Å². The molecule has 148 valence electrons. The van der Waals surface area contributed by atoms with Gasteiger partial charge in [-0.05, 0) is 49.4 Å². The van der Waals surface area contributed by atoms with Crippen LogP contribution >= 0.6 is 11.6 Å². The number of nitrogens with two attached hydrogens (primary N) is 2. The quantitative estimate of drug-likeness (QED) is 0.486. The number of hydrogen-bond donors (Lipinski definition) is 4. The number of nitrogens with zero attached hydrogens (tertiary/aromatic N) is 4. The first-order chi connectivity index (χ1) is 13.5. The van der Waals surface area contributed by atoms with E-state index in [0.717, 1.165) is 42.4 Å². The van der Waals surface area contributed by atoms with E-state index in [-0.39, 0.29) is 0 Å². The van der Waals surface area contributed by atoms with E-state index in [9.17, 15) is 0 Å². The summed E-state index contributed by atoms with van der Waals surface area (Å²) in [5, 5.41) is 7.46. The van der Waals surface area contributed by atoms with Crippen molar-refractivity contribution in [2.45, 2.75) is 44.3 Å². The Bertz CT molecular complexity index is 977. The molecule has 4 rings (SSSR count). The predicted molar refractivity (Wildman–Crippen MR) is 113 cm³/mol. The molecule has 1 aliphatic carbocycles. The first-order valence-electron chi connectivity index (χ1n) is 9.48. The van der Waals surface area contributed by atoms with Gasteiger partial charge in [0.15, 0.2) is 17.0 Å². The maximum atomic E-state index is 6.10. The van der Waals surface area contributed by atoms with E-state index < -0.39 is 0 Å². The maximum Gasteiger partial charge on any atom is 0.227 e. The minimum Gasteiger partial charge on any atom is -0.398 e. The van der Waals surface area contributed by atoms with Crippen LogP contribution in [0.1, 0.15) is 31.2 Å². The Morgan fingerprint density at radius 3 is 2.79 bits per heavy atom. The second kappa shape index (κ2) is 7.81. The fourth-order valence-corrected chi connectivity index (χ4v) is 3.74. The number of halogens is 1. The van der Waals surface area contributed by atoms with Crippen LogP contribution in [0.2, 0.25) is 5.02 Å². The van der Waals surface area contributed by atoms with Gasteiger partial charge < -0.3 is 26.7 Å². The Hall–Kier alpha value is -2.58. The van der Waals surface area contributed by atoms with Gasteiger partial charge in [-0.2, -0.15) is 9.97 Å². The SMILES string of the molecule is Cn1cnc2c(NCc3cc(Cl)ccc3N)nc(NC3CCC(N)CC3)nc21. The van der Waals surface area contributed by atoms with Gasteiger partial charge in [0, 0.05) is 36.4 Å². The molecule has 0 saturated heterocycles. The number of fused-ring (bicyclic) bond motifs is 1. The molecule has 0 amide bonds. The van der Waals surface area contributed by atoms with Gasteiger partial charge in [0.05, 0.1) is 6.33 Å². The molecular weight excluding hydrogens is 376 g/mol. The van der Waals surface area contributed by atoms with E-state index >= 15 is 0 Å². The Balaban J connectivity index is 1.58. The zero-order valence-electron chi connectivity index (χ0n) is 15.8. The molecule has 28 heavy (non-hydrogen) atoms. The van der Waals surface area contributed by atoms with E-state index in [0.29, 0.717) is 41.1 Å². The first-order valence-corrected chi connectivity index (χ1v) is 9.86. The van der Waals surface area contributed by atoms with Crippen LogP contribution in [0.5, 0.6) is 0 Å². The van der Waals surface area contributed by atoms with E-state index in [1.165, 1.54) is 0 Å². The molecule has 1 saturated carbocycles. The lowest BCUT2D eigenvalue weighted by Gasteiger charge is -2.26. The summed E-state index contributed by atoms with van der Waals surface area (Å²) < 4.78 is 1.89. The standard InChI is InChI=1S/C19H25ClN8/c1-28-10-24-16-17(23-9-11-8-12(20)2-7-15(11)22)26-19(27-18(16)28)25-14-5-3-13(21)4-6-14/h2,7-8,10,13-14H,3-6,9,21-22H2,1H3,(H2,23,25,26,27). The Morgan fingerprint density at radius 2 is 2.00 bits per heavy atom. The highest BCUT2D eigenvalue weighted by atomic mass is 35.5. The van der Waals surface area contributed by atoms with Crippen LogP contribution < -0.4 is 22.1 Å². The third kappa shape index (κ3) is 3.98. The predicted octanol–water partition coefficient (Wildman–Crippen LogP) is 2.89. The lowest BCUT2D eigenvalue weighted by atomic mass is 9.92. The topological polar surface area (TPSA) is 120 Å². The van der Waals surface area contributed by atoms with Gasteiger partial charge in [-0.1, -0.05) is 11.6 Å². The van der Waals surface area contributed by atoms with Crippen molar-refractivity contribution in [3.8, 4) is 0 Å². The van der Waals surface area contributed by atoms with Crippen LogP contribution in [0, 0.1) is 0 Å². The largest absolute Gasteiger partial charge is 0.398 e. The summed E-state index contributed by atoms with van der Waals surface area (Å²) in [5.74, 6) is 1.26. The molecule has 8 nitrogen and oxygen atoms in total. The summed E-state index contributed by atoms with van der Waals surface area (Å²) in [4.78, 5) is 13.8. The summed E-state index contributed by atoms with van der Waals surface area (Å²) in [6.07, 6.45) is 5.82. The zero-order chi connectivity index (χ0) is 19.7. The molecule has 3 aromatic rings. The highest BCUT2D eigenvalue weighted by Gasteiger charge is 2.20. The number of rotatable bonds is 5. The number of nitrogen functional groups attached to an aromatic ring is 1. The number of hydrogen-bond acceptors (Lipinski definition) is 7. The summed E-state index contributed by atoms with van der Waals surface area (Å²) in [5.41, 5.74) is 15.2. The number of aromatic nitrogens is 4. The van der Waals surface area contributed by atoms with Crippen molar-refractivity contribution in [3.63, 3.8) is 0 Å². The molecule has 1 aromatic carbocycles. The molecule has 2 heterocycles. The van der Waals surface area contributed by atoms with E-state index in [1.54, 1.807) is 18.5 Å². The van der Waals surface area contributed by atoms with Crippen molar-refractivity contribution in [2.75, 3.05) is 16.4 Å². The van der Waals surface area contributed by atoms with Crippen molar-refractivity contribution in [3.05, 3.63) is 35.1 Å². The van der Waals surface area contributed by atoms with Gasteiger partial charge in [-0.3, -0.25) is 0 Å². The zero-order valence-corrected chi connectivity index (χ0v) is 16.6. The Labute approximate surface area is 168 Å². The Morgan fingerprint density at radius 1 is 1.21 bits per heavy atom. The van der Waals surface area contributed by atoms with Gasteiger partial charge in [0.25, 0.3) is 0 Å². The van der Waals surface area contributed by atoms with Gasteiger partial charge in [0.2, 0.25) is 5.95 Å². The summed E-state index contributed by atoms with van der Waals surface area (Å²) in [6.45, 7) is 0.493. The number of anilines is 3. The second-order valence-electron chi connectivity index (χ2n) is 7.38. The lowest BCUT2D eigenvalue weighted by Crippen LogP contribution is -2.33. The Kier molecular flexibility index (Phi) is 5.23. The molecule has 9 heteroatoms. The maximum absolute atomic E-state index is 6.10. The van der Waals surface area contributed by atoms with Crippen molar-refractivity contribution in [1.82, 2.24) is 19.5 Å². The highest BCUT2D eigenvalue weighted by Crippen LogP contribution is 2.25. The molecule has 0 bridgehead atoms. The van der Waals surface area contributed by atoms with Crippen LogP contribution in [-0.2, 0) is 13.6 Å². The molecular formula is C19H25ClN8. The molecule has 0 radical (unpaired) electrons. The minimum absolute atomic E-state index is 0.305. The van der Waals surface area contributed by atoms with E-state index in [4.69, 9.17) is 23.1 Å². The molecule has 0 unspecified atom stereocenters. The minimum atomic E-state index is 0.305. The van der Waals surface area contributed by atoms with Crippen LogP contribution in [-0.4, -0.2) is 31.6 Å². The molecule has 1 fully saturated rings. The molecule has 1 aliphatic rings. The van der Waals surface area contributed by atoms with Crippen molar-refractivity contribution in [1.29, 1.82) is 0 Å². The number of aryl methyl sites for hydroxylation is 1. The molecule has 0 aliphatic heterocycles. The molecule has 6 N–H and O–H groups in total. The first kappa shape index (κ1) is 18.8. The average Bonchev–Trinajstić information content (AvgIpc) is 3.05. The van der Waals surface area contributed by atoms with Gasteiger partial charge in [-0.25, -0.2) is 4.98 Å². The molecule has 0 spiro atoms. The van der Waals surface area contributed by atoms with Crippen molar-refractivity contribution >= 4 is 40.2 Å². The summed E-state index contributed by atoms with van der Waals surface area (Å²) in [7, 11) is 1.92. The van der Waals surface area contributed by atoms with E-state index in [1.807, 2.05) is 17.7 Å². The normalized spacial score (nSPS) is 19.7. The molecule has 0 atom stereocenters. The van der Waals surface area contributed by atoms with Crippen LogP contribution in [0.4, 0.5) is 17.5 Å². The number of nitrogens with one attached hydrogen (secondary N) is 2. The van der Waals surface area contributed by atoms with Gasteiger partial charge in [-0.15, -0.1) is 0 Å². The fourth-order valence-electron chi connectivity index (χ4n) is 3.55. The molecule has 2 aromatic heterocycles.